The van der Waals surface area contributed by atoms with Crippen molar-refractivity contribution in [3.05, 3.63) is 65.7 Å². The number of amides is 2. The highest BCUT2D eigenvalue weighted by molar-refractivity contribution is 7.92. The SMILES string of the molecule is CCc1ccccc1N(CC(=O)N(Cc1ccccc1)[C@H](C)C(=O)NC(C)(C)C)S(C)(=O)=O. The van der Waals surface area contributed by atoms with E-state index in [1.165, 1.54) is 4.90 Å². The van der Waals surface area contributed by atoms with Crippen LogP contribution in [0.4, 0.5) is 5.69 Å². The number of nitrogens with one attached hydrogen (secondary N) is 1. The zero-order valence-electron chi connectivity index (χ0n) is 20.3. The van der Waals surface area contributed by atoms with E-state index < -0.39 is 34.1 Å². The molecule has 0 heterocycles. The first-order valence-electron chi connectivity index (χ1n) is 11.0. The molecule has 0 bridgehead atoms. The first kappa shape index (κ1) is 26.4. The molecule has 0 saturated carbocycles. The van der Waals surface area contributed by atoms with Crippen LogP contribution in [0.5, 0.6) is 0 Å². The number of hydrogen-bond acceptors (Lipinski definition) is 4. The normalized spacial score (nSPS) is 12.7. The number of para-hydroxylation sites is 1. The molecule has 0 fully saturated rings. The van der Waals surface area contributed by atoms with E-state index in [-0.39, 0.29) is 12.5 Å². The van der Waals surface area contributed by atoms with Crippen LogP contribution in [0, 0.1) is 0 Å². The number of rotatable bonds is 9. The minimum Gasteiger partial charge on any atom is -0.350 e. The fourth-order valence-corrected chi connectivity index (χ4v) is 4.37. The van der Waals surface area contributed by atoms with Crippen molar-refractivity contribution < 1.29 is 18.0 Å². The average Bonchev–Trinajstić information content (AvgIpc) is 2.74. The Hall–Kier alpha value is -2.87. The molecule has 0 radical (unpaired) electrons. The van der Waals surface area contributed by atoms with Crippen molar-refractivity contribution in [2.24, 2.45) is 0 Å². The van der Waals surface area contributed by atoms with Gasteiger partial charge in [-0.05, 0) is 51.3 Å². The van der Waals surface area contributed by atoms with Crippen LogP contribution in [0.15, 0.2) is 54.6 Å². The number of hydrogen-bond donors (Lipinski definition) is 1. The van der Waals surface area contributed by atoms with Crippen LogP contribution in [0.25, 0.3) is 0 Å². The molecule has 0 aromatic heterocycles. The largest absolute Gasteiger partial charge is 0.350 e. The fraction of sp³-hybridized carbons (Fsp3) is 0.440. The maximum Gasteiger partial charge on any atom is 0.244 e. The van der Waals surface area contributed by atoms with Crippen molar-refractivity contribution in [1.82, 2.24) is 10.2 Å². The Kier molecular flexibility index (Phi) is 8.66. The number of carbonyl (C=O) groups is 2. The summed E-state index contributed by atoms with van der Waals surface area (Å²) in [4.78, 5) is 27.9. The summed E-state index contributed by atoms with van der Waals surface area (Å²) in [6.45, 7) is 8.99. The summed E-state index contributed by atoms with van der Waals surface area (Å²) in [5, 5.41) is 2.91. The Morgan fingerprint density at radius 2 is 1.58 bits per heavy atom. The maximum atomic E-state index is 13.5. The molecule has 1 atom stereocenters. The van der Waals surface area contributed by atoms with Crippen LogP contribution >= 0.6 is 0 Å². The Balaban J connectivity index is 2.41. The molecular weight excluding hydrogens is 438 g/mol. The van der Waals surface area contributed by atoms with Crippen molar-refractivity contribution >= 4 is 27.5 Å². The predicted molar refractivity (Wildman–Crippen MR) is 132 cm³/mol. The van der Waals surface area contributed by atoms with Gasteiger partial charge in [0, 0.05) is 12.1 Å². The first-order chi connectivity index (χ1) is 15.3. The van der Waals surface area contributed by atoms with E-state index in [2.05, 4.69) is 5.32 Å². The Morgan fingerprint density at radius 1 is 1.00 bits per heavy atom. The summed E-state index contributed by atoms with van der Waals surface area (Å²) in [7, 11) is -3.74. The van der Waals surface area contributed by atoms with Gasteiger partial charge in [-0.2, -0.15) is 0 Å². The molecule has 33 heavy (non-hydrogen) atoms. The first-order valence-corrected chi connectivity index (χ1v) is 12.9. The minimum atomic E-state index is -3.74. The molecule has 0 aliphatic heterocycles. The highest BCUT2D eigenvalue weighted by Gasteiger charge is 2.31. The number of nitrogens with zero attached hydrogens (tertiary/aromatic N) is 2. The Morgan fingerprint density at radius 3 is 2.12 bits per heavy atom. The third kappa shape index (κ3) is 7.60. The highest BCUT2D eigenvalue weighted by atomic mass is 32.2. The number of benzene rings is 2. The van der Waals surface area contributed by atoms with E-state index in [0.717, 1.165) is 21.7 Å². The van der Waals surface area contributed by atoms with Crippen LogP contribution < -0.4 is 9.62 Å². The van der Waals surface area contributed by atoms with E-state index in [1.54, 1.807) is 19.1 Å². The van der Waals surface area contributed by atoms with Crippen LogP contribution in [0.1, 0.15) is 45.7 Å². The van der Waals surface area contributed by atoms with Crippen LogP contribution in [0.3, 0.4) is 0 Å². The fourth-order valence-electron chi connectivity index (χ4n) is 3.48. The van der Waals surface area contributed by atoms with Gasteiger partial charge in [0.1, 0.15) is 12.6 Å². The van der Waals surface area contributed by atoms with Crippen molar-refractivity contribution in [3.63, 3.8) is 0 Å². The number of anilines is 1. The molecule has 0 spiro atoms. The second kappa shape index (κ2) is 10.8. The summed E-state index contributed by atoms with van der Waals surface area (Å²) < 4.78 is 26.5. The molecule has 8 heteroatoms. The molecule has 7 nitrogen and oxygen atoms in total. The van der Waals surface area contributed by atoms with Gasteiger partial charge < -0.3 is 10.2 Å². The lowest BCUT2D eigenvalue weighted by Crippen LogP contribution is -2.54. The van der Waals surface area contributed by atoms with Crippen LogP contribution in [-0.4, -0.2) is 49.5 Å². The van der Waals surface area contributed by atoms with E-state index in [9.17, 15) is 18.0 Å². The third-order valence-electron chi connectivity index (χ3n) is 5.18. The van der Waals surface area contributed by atoms with Crippen LogP contribution in [0.2, 0.25) is 0 Å². The molecule has 2 aromatic carbocycles. The van der Waals surface area contributed by atoms with Gasteiger partial charge in [0.25, 0.3) is 0 Å². The number of aryl methyl sites for hydroxylation is 1. The summed E-state index contributed by atoms with van der Waals surface area (Å²) in [6, 6.07) is 15.7. The van der Waals surface area contributed by atoms with Gasteiger partial charge in [0.2, 0.25) is 21.8 Å². The molecule has 180 valence electrons. The number of carbonyl (C=O) groups excluding carboxylic acids is 2. The smallest absolute Gasteiger partial charge is 0.244 e. The van der Waals surface area contributed by atoms with Gasteiger partial charge in [-0.15, -0.1) is 0 Å². The van der Waals surface area contributed by atoms with Gasteiger partial charge in [-0.1, -0.05) is 55.5 Å². The summed E-state index contributed by atoms with van der Waals surface area (Å²) in [5.74, 6) is -0.751. The van der Waals surface area contributed by atoms with E-state index in [1.807, 2.05) is 70.2 Å². The molecule has 2 aromatic rings. The van der Waals surface area contributed by atoms with Crippen molar-refractivity contribution in [2.75, 3.05) is 17.1 Å². The molecular formula is C25H35N3O4S. The molecule has 1 N–H and O–H groups in total. The van der Waals surface area contributed by atoms with Crippen molar-refractivity contribution in [3.8, 4) is 0 Å². The van der Waals surface area contributed by atoms with Crippen molar-refractivity contribution in [2.45, 2.75) is 59.2 Å². The quantitative estimate of drug-likeness (QED) is 0.605. The lowest BCUT2D eigenvalue weighted by molar-refractivity contribution is -0.140. The van der Waals surface area contributed by atoms with Gasteiger partial charge in [-0.25, -0.2) is 8.42 Å². The standard InChI is InChI=1S/C25H35N3O4S/c1-7-21-15-11-12-16-22(21)28(33(6,31)32)18-23(29)27(17-20-13-9-8-10-14-20)19(2)24(30)26-25(3,4)5/h8-16,19H,7,17-18H2,1-6H3,(H,26,30)/t19-/m1/s1. The monoisotopic (exact) mass is 473 g/mol. The molecule has 0 saturated heterocycles. The highest BCUT2D eigenvalue weighted by Crippen LogP contribution is 2.24. The minimum absolute atomic E-state index is 0.186. The summed E-state index contributed by atoms with van der Waals surface area (Å²) >= 11 is 0. The Labute approximate surface area is 197 Å². The topological polar surface area (TPSA) is 86.8 Å². The van der Waals surface area contributed by atoms with Gasteiger partial charge in [0.05, 0.1) is 11.9 Å². The van der Waals surface area contributed by atoms with Gasteiger partial charge in [-0.3, -0.25) is 13.9 Å². The molecule has 2 amide bonds. The van der Waals surface area contributed by atoms with Gasteiger partial charge in [0.15, 0.2) is 0 Å². The Bertz CT molecular complexity index is 1060. The lowest BCUT2D eigenvalue weighted by atomic mass is 10.1. The molecule has 2 rings (SSSR count). The van der Waals surface area contributed by atoms with Gasteiger partial charge >= 0.3 is 0 Å². The summed E-state index contributed by atoms with van der Waals surface area (Å²) in [5.41, 5.74) is 1.68. The van der Waals surface area contributed by atoms with E-state index >= 15 is 0 Å². The van der Waals surface area contributed by atoms with Crippen LogP contribution in [-0.2, 0) is 32.6 Å². The predicted octanol–water partition coefficient (Wildman–Crippen LogP) is 3.35. The third-order valence-corrected chi connectivity index (χ3v) is 6.31. The summed E-state index contributed by atoms with van der Waals surface area (Å²) in [6.07, 6.45) is 1.71. The zero-order valence-corrected chi connectivity index (χ0v) is 21.1. The molecule has 0 aliphatic rings. The molecule has 0 unspecified atom stereocenters. The second-order valence-electron chi connectivity index (χ2n) is 9.17. The maximum absolute atomic E-state index is 13.5. The zero-order chi connectivity index (χ0) is 24.8. The average molecular weight is 474 g/mol. The second-order valence-corrected chi connectivity index (χ2v) is 11.1. The van der Waals surface area contributed by atoms with E-state index in [0.29, 0.717) is 12.1 Å². The van der Waals surface area contributed by atoms with E-state index in [4.69, 9.17) is 0 Å². The lowest BCUT2D eigenvalue weighted by Gasteiger charge is -2.33. The number of sulfonamides is 1. The van der Waals surface area contributed by atoms with Crippen molar-refractivity contribution in [1.29, 1.82) is 0 Å². The molecule has 0 aliphatic carbocycles.